The third kappa shape index (κ3) is 2.36. The lowest BCUT2D eigenvalue weighted by Crippen LogP contribution is -2.24. The zero-order valence-corrected chi connectivity index (χ0v) is 14.1. The van der Waals surface area contributed by atoms with Crippen molar-refractivity contribution >= 4 is 5.52 Å². The van der Waals surface area contributed by atoms with Gasteiger partial charge in [0.15, 0.2) is 5.52 Å². The average molecular weight is 302 g/mol. The molecule has 0 aliphatic heterocycles. The Bertz CT molecular complexity index is 735. The quantitative estimate of drug-likeness (QED) is 0.942. The average Bonchev–Trinajstić information content (AvgIpc) is 3.14. The molecule has 0 amide bonds. The zero-order chi connectivity index (χ0) is 15.9. The summed E-state index contributed by atoms with van der Waals surface area (Å²) in [7, 11) is 0. The molecule has 1 fully saturated rings. The third-order valence-corrected chi connectivity index (χ3v) is 5.16. The summed E-state index contributed by atoms with van der Waals surface area (Å²) >= 11 is 0. The van der Waals surface area contributed by atoms with Crippen molar-refractivity contribution in [2.45, 2.75) is 77.6 Å². The summed E-state index contributed by atoms with van der Waals surface area (Å²) in [6.45, 7) is 8.52. The summed E-state index contributed by atoms with van der Waals surface area (Å²) in [6.07, 6.45) is 6.40. The van der Waals surface area contributed by atoms with Crippen LogP contribution in [0.1, 0.15) is 83.1 Å². The second kappa shape index (κ2) is 5.52. The van der Waals surface area contributed by atoms with E-state index in [1.54, 1.807) is 0 Å². The molecule has 0 saturated heterocycles. The Morgan fingerprint density at radius 1 is 1.27 bits per heavy atom. The minimum Gasteiger partial charge on any atom is -0.307 e. The van der Waals surface area contributed by atoms with Gasteiger partial charge in [-0.15, -0.1) is 0 Å². The van der Waals surface area contributed by atoms with Crippen molar-refractivity contribution in [1.29, 1.82) is 0 Å². The molecule has 0 radical (unpaired) electrons. The summed E-state index contributed by atoms with van der Waals surface area (Å²) in [5.41, 5.74) is 1.34. The summed E-state index contributed by atoms with van der Waals surface area (Å²) in [5.74, 6) is 2.14. The fourth-order valence-electron chi connectivity index (χ4n) is 3.31. The molecule has 3 rings (SSSR count). The fourth-order valence-corrected chi connectivity index (χ4v) is 3.31. The van der Waals surface area contributed by atoms with Crippen molar-refractivity contribution in [1.82, 2.24) is 19.6 Å². The van der Waals surface area contributed by atoms with Gasteiger partial charge in [-0.05, 0) is 25.7 Å². The number of nitrogens with one attached hydrogen (secondary N) is 1. The van der Waals surface area contributed by atoms with Gasteiger partial charge in [0, 0.05) is 11.3 Å². The van der Waals surface area contributed by atoms with Crippen molar-refractivity contribution in [3.63, 3.8) is 0 Å². The molecule has 5 nitrogen and oxygen atoms in total. The van der Waals surface area contributed by atoms with Gasteiger partial charge < -0.3 is 4.98 Å². The van der Waals surface area contributed by atoms with Crippen LogP contribution in [0.3, 0.4) is 0 Å². The first kappa shape index (κ1) is 15.3. The van der Waals surface area contributed by atoms with Gasteiger partial charge in [-0.1, -0.05) is 40.5 Å². The molecule has 0 spiro atoms. The van der Waals surface area contributed by atoms with Crippen LogP contribution in [0.2, 0.25) is 0 Å². The molecule has 2 heterocycles. The molecule has 2 aromatic heterocycles. The number of aromatic amines is 1. The highest BCUT2D eigenvalue weighted by Gasteiger charge is 2.29. The van der Waals surface area contributed by atoms with E-state index in [-0.39, 0.29) is 11.0 Å². The predicted molar refractivity (Wildman–Crippen MR) is 87.5 cm³/mol. The monoisotopic (exact) mass is 302 g/mol. The number of H-pyrrole nitrogens is 1. The molecule has 120 valence electrons. The van der Waals surface area contributed by atoms with Gasteiger partial charge in [0.1, 0.15) is 11.6 Å². The van der Waals surface area contributed by atoms with E-state index in [2.05, 4.69) is 25.8 Å². The maximum absolute atomic E-state index is 12.6. The number of fused-ring (bicyclic) bond motifs is 1. The Hall–Kier alpha value is -1.65. The van der Waals surface area contributed by atoms with E-state index < -0.39 is 0 Å². The van der Waals surface area contributed by atoms with Crippen molar-refractivity contribution in [3.8, 4) is 0 Å². The minimum absolute atomic E-state index is 0.0422. The number of aromatic nitrogens is 4. The second-order valence-electron chi connectivity index (χ2n) is 7.05. The molecule has 0 atom stereocenters. The van der Waals surface area contributed by atoms with Crippen LogP contribution >= 0.6 is 0 Å². The summed E-state index contributed by atoms with van der Waals surface area (Å²) < 4.78 is 1.83. The van der Waals surface area contributed by atoms with E-state index in [0.29, 0.717) is 11.4 Å². The number of hydrogen-bond acceptors (Lipinski definition) is 3. The van der Waals surface area contributed by atoms with E-state index in [9.17, 15) is 4.79 Å². The van der Waals surface area contributed by atoms with Crippen LogP contribution < -0.4 is 5.56 Å². The lowest BCUT2D eigenvalue weighted by Gasteiger charge is -2.20. The van der Waals surface area contributed by atoms with Crippen LogP contribution in [0.15, 0.2) is 4.79 Å². The standard InChI is InChI=1S/C17H26N4O/c1-5-12-13-15(22)19-14(11-9-7-8-10-11)20-21(13)16(18-12)17(3,4)6-2/h11H,5-10H2,1-4H3,(H,19,20,22). The largest absolute Gasteiger partial charge is 0.307 e. The first-order chi connectivity index (χ1) is 10.5. The van der Waals surface area contributed by atoms with Gasteiger partial charge in [-0.2, -0.15) is 5.10 Å². The first-order valence-electron chi connectivity index (χ1n) is 8.50. The Morgan fingerprint density at radius 3 is 2.55 bits per heavy atom. The van der Waals surface area contributed by atoms with Crippen LogP contribution in [0.25, 0.3) is 5.52 Å². The Labute approximate surface area is 131 Å². The van der Waals surface area contributed by atoms with E-state index in [4.69, 9.17) is 10.1 Å². The Balaban J connectivity index is 2.25. The molecule has 1 aliphatic carbocycles. The van der Waals surface area contributed by atoms with E-state index in [1.165, 1.54) is 12.8 Å². The maximum atomic E-state index is 12.6. The van der Waals surface area contributed by atoms with Crippen molar-refractivity contribution in [3.05, 3.63) is 27.7 Å². The maximum Gasteiger partial charge on any atom is 0.277 e. The molecular weight excluding hydrogens is 276 g/mol. The van der Waals surface area contributed by atoms with Crippen LogP contribution in [-0.2, 0) is 11.8 Å². The minimum atomic E-state index is -0.0932. The Morgan fingerprint density at radius 2 is 1.95 bits per heavy atom. The molecule has 5 heteroatoms. The molecule has 1 aliphatic rings. The fraction of sp³-hybridized carbons (Fsp3) is 0.706. The second-order valence-corrected chi connectivity index (χ2v) is 7.05. The summed E-state index contributed by atoms with van der Waals surface area (Å²) in [5, 5.41) is 4.80. The van der Waals surface area contributed by atoms with E-state index >= 15 is 0 Å². The van der Waals surface area contributed by atoms with Crippen molar-refractivity contribution in [2.75, 3.05) is 0 Å². The van der Waals surface area contributed by atoms with Gasteiger partial charge in [0.25, 0.3) is 5.56 Å². The van der Waals surface area contributed by atoms with Crippen molar-refractivity contribution in [2.24, 2.45) is 0 Å². The van der Waals surface area contributed by atoms with Gasteiger partial charge in [0.2, 0.25) is 0 Å². The predicted octanol–water partition coefficient (Wildman–Crippen LogP) is 3.33. The summed E-state index contributed by atoms with van der Waals surface area (Å²) in [4.78, 5) is 20.4. The molecule has 22 heavy (non-hydrogen) atoms. The lowest BCUT2D eigenvalue weighted by atomic mass is 9.89. The Kier molecular flexibility index (Phi) is 3.83. The van der Waals surface area contributed by atoms with Gasteiger partial charge in [0.05, 0.1) is 5.69 Å². The highest BCUT2D eigenvalue weighted by molar-refractivity contribution is 5.51. The van der Waals surface area contributed by atoms with Crippen molar-refractivity contribution < 1.29 is 0 Å². The number of nitrogens with zero attached hydrogens (tertiary/aromatic N) is 3. The van der Waals surface area contributed by atoms with Crippen LogP contribution in [-0.4, -0.2) is 19.6 Å². The van der Waals surface area contributed by atoms with Gasteiger partial charge >= 0.3 is 0 Å². The van der Waals surface area contributed by atoms with Crippen LogP contribution in [0.4, 0.5) is 0 Å². The number of imidazole rings is 1. The topological polar surface area (TPSA) is 63.1 Å². The van der Waals surface area contributed by atoms with E-state index in [0.717, 1.165) is 43.0 Å². The van der Waals surface area contributed by atoms with Crippen LogP contribution in [0.5, 0.6) is 0 Å². The number of rotatable bonds is 4. The summed E-state index contributed by atoms with van der Waals surface area (Å²) in [6, 6.07) is 0. The number of aryl methyl sites for hydroxylation is 1. The van der Waals surface area contributed by atoms with E-state index in [1.807, 2.05) is 11.4 Å². The third-order valence-electron chi connectivity index (χ3n) is 5.16. The SMILES string of the molecule is CCc1nc(C(C)(C)CC)n2nc(C3CCCC3)[nH]c(=O)c12. The highest BCUT2D eigenvalue weighted by Crippen LogP contribution is 2.32. The first-order valence-corrected chi connectivity index (χ1v) is 8.50. The molecule has 0 unspecified atom stereocenters. The molecule has 1 saturated carbocycles. The van der Waals surface area contributed by atoms with Crippen LogP contribution in [0, 0.1) is 0 Å². The highest BCUT2D eigenvalue weighted by atomic mass is 16.1. The zero-order valence-electron chi connectivity index (χ0n) is 14.1. The molecule has 0 bridgehead atoms. The smallest absolute Gasteiger partial charge is 0.277 e. The van der Waals surface area contributed by atoms with Gasteiger partial charge in [-0.3, -0.25) is 4.79 Å². The lowest BCUT2D eigenvalue weighted by molar-refractivity contribution is 0.457. The van der Waals surface area contributed by atoms with Gasteiger partial charge in [-0.25, -0.2) is 9.50 Å². The molecular formula is C17H26N4O. The normalized spacial score (nSPS) is 16.7. The number of hydrogen-bond donors (Lipinski definition) is 1. The molecule has 1 N–H and O–H groups in total. The molecule has 2 aromatic rings. The molecule has 0 aromatic carbocycles.